The number of benzene rings is 1. The number of anilines is 1. The molecule has 2 nitrogen and oxygen atoms in total. The van der Waals surface area contributed by atoms with E-state index in [1.807, 2.05) is 12.1 Å². The van der Waals surface area contributed by atoms with Crippen LogP contribution in [0.1, 0.15) is 38.7 Å². The monoisotopic (exact) mass is 251 g/mol. The van der Waals surface area contributed by atoms with Crippen molar-refractivity contribution < 1.29 is 9.13 Å². The first-order chi connectivity index (χ1) is 8.52. The summed E-state index contributed by atoms with van der Waals surface area (Å²) in [6, 6.07) is 5.70. The van der Waals surface area contributed by atoms with Crippen LogP contribution in [0.2, 0.25) is 0 Å². The molecule has 0 aromatic heterocycles. The van der Waals surface area contributed by atoms with Gasteiger partial charge in [-0.15, -0.1) is 0 Å². The van der Waals surface area contributed by atoms with Crippen molar-refractivity contribution >= 4 is 5.69 Å². The fourth-order valence-corrected chi connectivity index (χ4v) is 2.42. The molecule has 0 aliphatic carbocycles. The molecule has 2 rings (SSSR count). The van der Waals surface area contributed by atoms with E-state index >= 15 is 0 Å². The normalized spacial score (nSPS) is 28.1. The Balaban J connectivity index is 2.02. The van der Waals surface area contributed by atoms with Crippen molar-refractivity contribution in [1.29, 1.82) is 0 Å². The van der Waals surface area contributed by atoms with Crippen molar-refractivity contribution in [1.82, 2.24) is 0 Å². The molecule has 0 amide bonds. The van der Waals surface area contributed by atoms with E-state index in [2.05, 4.69) is 19.2 Å². The zero-order valence-corrected chi connectivity index (χ0v) is 11.4. The summed E-state index contributed by atoms with van der Waals surface area (Å²) in [5.74, 6) is -0.148. The highest BCUT2D eigenvalue weighted by Crippen LogP contribution is 2.29. The Morgan fingerprint density at radius 3 is 2.94 bits per heavy atom. The molecule has 0 spiro atoms. The Bertz CT molecular complexity index is 421. The molecule has 0 saturated carbocycles. The van der Waals surface area contributed by atoms with Crippen molar-refractivity contribution in [2.24, 2.45) is 0 Å². The molecule has 1 heterocycles. The number of halogens is 1. The predicted molar refractivity (Wildman–Crippen MR) is 72.4 cm³/mol. The Morgan fingerprint density at radius 1 is 1.50 bits per heavy atom. The lowest BCUT2D eigenvalue weighted by Crippen LogP contribution is -2.41. The fourth-order valence-electron chi connectivity index (χ4n) is 2.42. The molecule has 2 atom stereocenters. The number of ether oxygens (including phenoxy) is 1. The third-order valence-electron chi connectivity index (χ3n) is 3.89. The Hall–Kier alpha value is -1.09. The maximum Gasteiger partial charge on any atom is 0.128 e. The lowest BCUT2D eigenvalue weighted by Gasteiger charge is -2.38. The van der Waals surface area contributed by atoms with Crippen LogP contribution in [0.3, 0.4) is 0 Å². The second kappa shape index (κ2) is 5.27. The highest BCUT2D eigenvalue weighted by molar-refractivity contribution is 5.46. The van der Waals surface area contributed by atoms with E-state index in [4.69, 9.17) is 4.74 Å². The van der Waals surface area contributed by atoms with E-state index in [1.165, 1.54) is 0 Å². The van der Waals surface area contributed by atoms with Crippen LogP contribution in [0.5, 0.6) is 0 Å². The van der Waals surface area contributed by atoms with Gasteiger partial charge in [0.25, 0.3) is 0 Å². The minimum atomic E-state index is -0.148. The molecular formula is C15H22FNO. The fraction of sp³-hybridized carbons (Fsp3) is 0.600. The summed E-state index contributed by atoms with van der Waals surface area (Å²) in [4.78, 5) is 0. The van der Waals surface area contributed by atoms with Gasteiger partial charge in [-0.3, -0.25) is 0 Å². The maximum atomic E-state index is 13.5. The number of aryl methyl sites for hydroxylation is 1. The van der Waals surface area contributed by atoms with Crippen LogP contribution in [0.25, 0.3) is 0 Å². The standard InChI is InChI=1S/C15H22FNO/c1-4-15(3)10-13(7-8-18-15)17-12-6-5-11(2)14(16)9-12/h5-6,9,13,17H,4,7-8,10H2,1-3H3. The lowest BCUT2D eigenvalue weighted by molar-refractivity contribution is -0.0708. The van der Waals surface area contributed by atoms with Gasteiger partial charge in [-0.1, -0.05) is 13.0 Å². The van der Waals surface area contributed by atoms with E-state index in [0.717, 1.165) is 31.6 Å². The Morgan fingerprint density at radius 2 is 2.28 bits per heavy atom. The molecule has 1 fully saturated rings. The maximum absolute atomic E-state index is 13.5. The Kier molecular flexibility index (Phi) is 3.91. The SMILES string of the molecule is CCC1(C)CC(Nc2ccc(C)c(F)c2)CCO1. The third-order valence-corrected chi connectivity index (χ3v) is 3.89. The van der Waals surface area contributed by atoms with Gasteiger partial charge in [0.15, 0.2) is 0 Å². The quantitative estimate of drug-likeness (QED) is 0.880. The van der Waals surface area contributed by atoms with Gasteiger partial charge < -0.3 is 10.1 Å². The second-order valence-electron chi connectivity index (χ2n) is 5.45. The van der Waals surface area contributed by atoms with Gasteiger partial charge in [-0.25, -0.2) is 4.39 Å². The first-order valence-electron chi connectivity index (χ1n) is 6.69. The number of nitrogens with one attached hydrogen (secondary N) is 1. The van der Waals surface area contributed by atoms with Gasteiger partial charge in [0.2, 0.25) is 0 Å². The second-order valence-corrected chi connectivity index (χ2v) is 5.45. The van der Waals surface area contributed by atoms with E-state index in [-0.39, 0.29) is 11.4 Å². The van der Waals surface area contributed by atoms with Crippen LogP contribution in [0, 0.1) is 12.7 Å². The summed E-state index contributed by atoms with van der Waals surface area (Å²) in [5.41, 5.74) is 1.51. The minimum Gasteiger partial charge on any atom is -0.382 e. The molecule has 1 saturated heterocycles. The summed E-state index contributed by atoms with van der Waals surface area (Å²) in [6.45, 7) is 6.85. The minimum absolute atomic E-state index is 0.0425. The predicted octanol–water partition coefficient (Wildman–Crippen LogP) is 3.89. The molecule has 2 unspecified atom stereocenters. The molecule has 18 heavy (non-hydrogen) atoms. The highest BCUT2D eigenvalue weighted by Gasteiger charge is 2.31. The average Bonchev–Trinajstić information content (AvgIpc) is 2.34. The molecule has 3 heteroatoms. The van der Waals surface area contributed by atoms with E-state index in [1.54, 1.807) is 13.0 Å². The van der Waals surface area contributed by atoms with Gasteiger partial charge in [-0.05, 0) is 50.8 Å². The molecular weight excluding hydrogens is 229 g/mol. The van der Waals surface area contributed by atoms with Crippen molar-refractivity contribution in [3.63, 3.8) is 0 Å². The van der Waals surface area contributed by atoms with E-state index in [9.17, 15) is 4.39 Å². The summed E-state index contributed by atoms with van der Waals surface area (Å²) in [5, 5.41) is 3.42. The van der Waals surface area contributed by atoms with Crippen LogP contribution in [-0.4, -0.2) is 18.2 Å². The molecule has 1 aromatic rings. The van der Waals surface area contributed by atoms with E-state index in [0.29, 0.717) is 11.6 Å². The summed E-state index contributed by atoms with van der Waals surface area (Å²) < 4.78 is 19.3. The van der Waals surface area contributed by atoms with Gasteiger partial charge in [0.1, 0.15) is 5.82 Å². The molecule has 0 radical (unpaired) electrons. The van der Waals surface area contributed by atoms with Crippen LogP contribution in [0.4, 0.5) is 10.1 Å². The van der Waals surface area contributed by atoms with Crippen LogP contribution in [-0.2, 0) is 4.74 Å². The largest absolute Gasteiger partial charge is 0.382 e. The zero-order chi connectivity index (χ0) is 13.2. The van der Waals surface area contributed by atoms with Gasteiger partial charge in [0.05, 0.1) is 5.60 Å². The highest BCUT2D eigenvalue weighted by atomic mass is 19.1. The summed E-state index contributed by atoms with van der Waals surface area (Å²) in [6.07, 6.45) is 2.96. The smallest absolute Gasteiger partial charge is 0.128 e. The Labute approximate surface area is 109 Å². The van der Waals surface area contributed by atoms with Crippen molar-refractivity contribution in [3.05, 3.63) is 29.6 Å². The first kappa shape index (κ1) is 13.3. The van der Waals surface area contributed by atoms with Crippen LogP contribution in [0.15, 0.2) is 18.2 Å². The van der Waals surface area contributed by atoms with Crippen LogP contribution >= 0.6 is 0 Å². The van der Waals surface area contributed by atoms with Gasteiger partial charge in [0, 0.05) is 18.3 Å². The summed E-state index contributed by atoms with van der Waals surface area (Å²) >= 11 is 0. The van der Waals surface area contributed by atoms with Gasteiger partial charge in [-0.2, -0.15) is 0 Å². The molecule has 1 aromatic carbocycles. The number of hydrogen-bond donors (Lipinski definition) is 1. The van der Waals surface area contributed by atoms with Crippen molar-refractivity contribution in [2.75, 3.05) is 11.9 Å². The van der Waals surface area contributed by atoms with Crippen LogP contribution < -0.4 is 5.32 Å². The first-order valence-corrected chi connectivity index (χ1v) is 6.69. The molecule has 1 aliphatic heterocycles. The van der Waals surface area contributed by atoms with Gasteiger partial charge >= 0.3 is 0 Å². The average molecular weight is 251 g/mol. The number of rotatable bonds is 3. The van der Waals surface area contributed by atoms with E-state index < -0.39 is 0 Å². The van der Waals surface area contributed by atoms with Crippen molar-refractivity contribution in [2.45, 2.75) is 51.7 Å². The topological polar surface area (TPSA) is 21.3 Å². The number of hydrogen-bond acceptors (Lipinski definition) is 2. The zero-order valence-electron chi connectivity index (χ0n) is 11.4. The molecule has 1 aliphatic rings. The van der Waals surface area contributed by atoms with Crippen molar-refractivity contribution in [3.8, 4) is 0 Å². The third kappa shape index (κ3) is 3.02. The summed E-state index contributed by atoms with van der Waals surface area (Å²) in [7, 11) is 0. The lowest BCUT2D eigenvalue weighted by atomic mass is 9.90. The molecule has 100 valence electrons. The molecule has 0 bridgehead atoms. The molecule has 1 N–H and O–H groups in total.